The van der Waals surface area contributed by atoms with Crippen molar-refractivity contribution in [3.63, 3.8) is 0 Å². The number of amides is 1. The maximum Gasteiger partial charge on any atom is 0.290 e. The van der Waals surface area contributed by atoms with E-state index in [9.17, 15) is 14.3 Å². The molecule has 0 bridgehead atoms. The van der Waals surface area contributed by atoms with Gasteiger partial charge in [-0.2, -0.15) is 0 Å². The van der Waals surface area contributed by atoms with Gasteiger partial charge < -0.3 is 14.4 Å². The van der Waals surface area contributed by atoms with Gasteiger partial charge in [0.05, 0.1) is 6.04 Å². The third-order valence-electron chi connectivity index (χ3n) is 3.84. The number of furan rings is 1. The SMILES string of the molecule is CC(C)(O)C#Cc1ccc(C(=O)N2CCC2c2ccc(F)cc2)o1. The first-order valence-corrected chi connectivity index (χ1v) is 7.75. The lowest BCUT2D eigenvalue weighted by atomic mass is 9.94. The Morgan fingerprint density at radius 2 is 2.00 bits per heavy atom. The fourth-order valence-electron chi connectivity index (χ4n) is 2.54. The van der Waals surface area contributed by atoms with Gasteiger partial charge in [0, 0.05) is 6.54 Å². The van der Waals surface area contributed by atoms with Crippen molar-refractivity contribution in [2.24, 2.45) is 0 Å². The second-order valence-corrected chi connectivity index (χ2v) is 6.33. The van der Waals surface area contributed by atoms with E-state index >= 15 is 0 Å². The zero-order valence-corrected chi connectivity index (χ0v) is 13.5. The number of rotatable bonds is 2. The fraction of sp³-hybridized carbons (Fsp3) is 0.316. The van der Waals surface area contributed by atoms with Crippen LogP contribution in [0, 0.1) is 17.7 Å². The lowest BCUT2D eigenvalue weighted by molar-refractivity contribution is 0.0427. The van der Waals surface area contributed by atoms with Gasteiger partial charge in [0.25, 0.3) is 5.91 Å². The molecule has 1 atom stereocenters. The zero-order chi connectivity index (χ0) is 17.3. The van der Waals surface area contributed by atoms with E-state index in [0.29, 0.717) is 12.3 Å². The molecule has 1 unspecified atom stereocenters. The highest BCUT2D eigenvalue weighted by Gasteiger charge is 2.35. The predicted molar refractivity (Wildman–Crippen MR) is 86.7 cm³/mol. The molecule has 0 radical (unpaired) electrons. The topological polar surface area (TPSA) is 53.7 Å². The van der Waals surface area contributed by atoms with E-state index in [1.54, 1.807) is 43.0 Å². The summed E-state index contributed by atoms with van der Waals surface area (Å²) in [7, 11) is 0. The zero-order valence-electron chi connectivity index (χ0n) is 13.5. The van der Waals surface area contributed by atoms with Crippen LogP contribution < -0.4 is 0 Å². The molecular weight excluding hydrogens is 309 g/mol. The van der Waals surface area contributed by atoms with Gasteiger partial charge in [-0.05, 0) is 56.0 Å². The molecule has 2 aromatic rings. The minimum atomic E-state index is -1.12. The molecule has 0 spiro atoms. The number of benzene rings is 1. The Kier molecular flexibility index (Phi) is 4.16. The van der Waals surface area contributed by atoms with Crippen molar-refractivity contribution in [2.45, 2.75) is 31.9 Å². The molecule has 1 saturated heterocycles. The van der Waals surface area contributed by atoms with Gasteiger partial charge in [-0.3, -0.25) is 4.79 Å². The summed E-state index contributed by atoms with van der Waals surface area (Å²) in [6, 6.07) is 9.31. The van der Waals surface area contributed by atoms with Crippen molar-refractivity contribution in [3.05, 3.63) is 59.3 Å². The van der Waals surface area contributed by atoms with Crippen LogP contribution in [0.2, 0.25) is 0 Å². The number of hydrogen-bond donors (Lipinski definition) is 1. The molecular formula is C19H18FNO3. The summed E-state index contributed by atoms with van der Waals surface area (Å²) >= 11 is 0. The first-order chi connectivity index (χ1) is 11.3. The van der Waals surface area contributed by atoms with Crippen molar-refractivity contribution in [1.82, 2.24) is 4.90 Å². The Balaban J connectivity index is 1.74. The highest BCUT2D eigenvalue weighted by atomic mass is 19.1. The van der Waals surface area contributed by atoms with Crippen LogP contribution in [0.1, 0.15) is 48.2 Å². The number of likely N-dealkylation sites (tertiary alicyclic amines) is 1. The van der Waals surface area contributed by atoms with E-state index in [4.69, 9.17) is 4.42 Å². The Bertz CT molecular complexity index is 806. The average molecular weight is 327 g/mol. The first kappa shape index (κ1) is 16.3. The van der Waals surface area contributed by atoms with Gasteiger partial charge >= 0.3 is 0 Å². The molecule has 4 nitrogen and oxygen atoms in total. The molecule has 1 fully saturated rings. The number of halogens is 1. The standard InChI is InChI=1S/C19H18FNO3/c1-19(2,23)11-9-15-7-8-17(24-15)18(22)21-12-10-16(21)13-3-5-14(20)6-4-13/h3-8,16,23H,10,12H2,1-2H3. The number of carbonyl (C=O) groups excluding carboxylic acids is 1. The smallest absolute Gasteiger partial charge is 0.290 e. The van der Waals surface area contributed by atoms with Crippen LogP contribution in [0.15, 0.2) is 40.8 Å². The van der Waals surface area contributed by atoms with Crippen LogP contribution in [0.25, 0.3) is 0 Å². The molecule has 2 heterocycles. The Morgan fingerprint density at radius 3 is 2.58 bits per heavy atom. The minimum absolute atomic E-state index is 0.0610. The normalized spacial score (nSPS) is 17.0. The van der Waals surface area contributed by atoms with Crippen LogP contribution in [-0.2, 0) is 0 Å². The molecule has 0 saturated carbocycles. The van der Waals surface area contributed by atoms with Gasteiger partial charge in [-0.1, -0.05) is 18.1 Å². The molecule has 5 heteroatoms. The van der Waals surface area contributed by atoms with Crippen molar-refractivity contribution in [3.8, 4) is 11.8 Å². The fourth-order valence-corrected chi connectivity index (χ4v) is 2.54. The van der Waals surface area contributed by atoms with E-state index in [1.807, 2.05) is 0 Å². The third kappa shape index (κ3) is 3.50. The van der Waals surface area contributed by atoms with Gasteiger partial charge in [0.15, 0.2) is 11.5 Å². The number of hydrogen-bond acceptors (Lipinski definition) is 3. The van der Waals surface area contributed by atoms with Crippen LogP contribution in [-0.4, -0.2) is 28.1 Å². The molecule has 1 aliphatic rings. The van der Waals surface area contributed by atoms with Gasteiger partial charge in [-0.25, -0.2) is 4.39 Å². The van der Waals surface area contributed by atoms with E-state index in [-0.39, 0.29) is 23.5 Å². The molecule has 1 aromatic heterocycles. The summed E-state index contributed by atoms with van der Waals surface area (Å²) in [5.41, 5.74) is -0.216. The highest BCUT2D eigenvalue weighted by Crippen LogP contribution is 2.34. The molecule has 1 amide bonds. The van der Waals surface area contributed by atoms with Crippen LogP contribution in [0.5, 0.6) is 0 Å². The van der Waals surface area contributed by atoms with E-state index < -0.39 is 5.60 Å². The molecule has 124 valence electrons. The average Bonchev–Trinajstić information content (AvgIpc) is 2.94. The Labute approximate surface area is 139 Å². The maximum atomic E-state index is 13.0. The molecule has 1 N–H and O–H groups in total. The lowest BCUT2D eigenvalue weighted by Gasteiger charge is -2.40. The summed E-state index contributed by atoms with van der Waals surface area (Å²) in [6.07, 6.45) is 0.837. The van der Waals surface area contributed by atoms with Gasteiger partial charge in [-0.15, -0.1) is 0 Å². The van der Waals surface area contributed by atoms with Crippen LogP contribution in [0.3, 0.4) is 0 Å². The van der Waals surface area contributed by atoms with Gasteiger partial charge in [0.2, 0.25) is 0 Å². The van der Waals surface area contributed by atoms with Crippen molar-refractivity contribution in [1.29, 1.82) is 0 Å². The summed E-state index contributed by atoms with van der Waals surface area (Å²) in [4.78, 5) is 14.2. The third-order valence-corrected chi connectivity index (χ3v) is 3.84. The number of carbonyl (C=O) groups is 1. The summed E-state index contributed by atoms with van der Waals surface area (Å²) in [5.74, 6) is 5.38. The van der Waals surface area contributed by atoms with Crippen LogP contribution in [0.4, 0.5) is 4.39 Å². The maximum absolute atomic E-state index is 13.0. The largest absolute Gasteiger partial charge is 0.443 e. The number of nitrogens with zero attached hydrogens (tertiary/aromatic N) is 1. The lowest BCUT2D eigenvalue weighted by Crippen LogP contribution is -2.45. The van der Waals surface area contributed by atoms with Crippen LogP contribution >= 0.6 is 0 Å². The first-order valence-electron chi connectivity index (χ1n) is 7.75. The quantitative estimate of drug-likeness (QED) is 0.862. The van der Waals surface area contributed by atoms with E-state index in [1.165, 1.54) is 12.1 Å². The monoisotopic (exact) mass is 327 g/mol. The molecule has 1 aromatic carbocycles. The summed E-state index contributed by atoms with van der Waals surface area (Å²) in [5, 5.41) is 9.59. The molecule has 1 aliphatic heterocycles. The Morgan fingerprint density at radius 1 is 1.29 bits per heavy atom. The van der Waals surface area contributed by atoms with Gasteiger partial charge in [0.1, 0.15) is 11.4 Å². The minimum Gasteiger partial charge on any atom is -0.443 e. The highest BCUT2D eigenvalue weighted by molar-refractivity contribution is 5.92. The molecule has 24 heavy (non-hydrogen) atoms. The summed E-state index contributed by atoms with van der Waals surface area (Å²) < 4.78 is 18.5. The van der Waals surface area contributed by atoms with E-state index in [2.05, 4.69) is 11.8 Å². The molecule has 0 aliphatic carbocycles. The second-order valence-electron chi connectivity index (χ2n) is 6.33. The number of aliphatic hydroxyl groups is 1. The summed E-state index contributed by atoms with van der Waals surface area (Å²) in [6.45, 7) is 3.77. The van der Waals surface area contributed by atoms with Crippen molar-refractivity contribution >= 4 is 5.91 Å². The van der Waals surface area contributed by atoms with Crippen molar-refractivity contribution < 1.29 is 18.7 Å². The van der Waals surface area contributed by atoms with E-state index in [0.717, 1.165) is 12.0 Å². The van der Waals surface area contributed by atoms with Crippen molar-refractivity contribution in [2.75, 3.05) is 6.54 Å². The molecule has 3 rings (SSSR count). The second kappa shape index (κ2) is 6.14. The predicted octanol–water partition coefficient (Wildman–Crippen LogP) is 3.13. The Hall–Kier alpha value is -2.58.